The van der Waals surface area contributed by atoms with Crippen LogP contribution in [0.25, 0.3) is 0 Å². The van der Waals surface area contributed by atoms with Crippen molar-refractivity contribution < 1.29 is 9.18 Å². The van der Waals surface area contributed by atoms with Gasteiger partial charge in [0.05, 0.1) is 16.1 Å². The molecule has 1 atom stereocenters. The standard InChI is InChI=1S/C15H16ClFN2OS/c1-9(13-6-7-14(16)21-13)18-15(20)10-4-5-12(19(2)3)11(17)8-10/h4-9H,1-3H3,(H,18,20). The molecule has 2 aromatic rings. The van der Waals surface area contributed by atoms with Crippen LogP contribution in [0.15, 0.2) is 30.3 Å². The van der Waals surface area contributed by atoms with Crippen LogP contribution in [-0.2, 0) is 0 Å². The number of hydrogen-bond acceptors (Lipinski definition) is 3. The fourth-order valence-electron chi connectivity index (χ4n) is 1.92. The smallest absolute Gasteiger partial charge is 0.251 e. The number of anilines is 1. The van der Waals surface area contributed by atoms with Crippen molar-refractivity contribution in [3.05, 3.63) is 50.9 Å². The first-order valence-electron chi connectivity index (χ1n) is 6.41. The highest BCUT2D eigenvalue weighted by Gasteiger charge is 2.15. The first kappa shape index (κ1) is 15.8. The Balaban J connectivity index is 2.11. The van der Waals surface area contributed by atoms with Crippen LogP contribution in [0.5, 0.6) is 0 Å². The van der Waals surface area contributed by atoms with Crippen molar-refractivity contribution in [2.45, 2.75) is 13.0 Å². The maximum absolute atomic E-state index is 13.9. The second-order valence-corrected chi connectivity index (χ2v) is 6.64. The molecule has 0 saturated heterocycles. The summed E-state index contributed by atoms with van der Waals surface area (Å²) in [7, 11) is 3.50. The molecule has 0 aliphatic carbocycles. The fourth-order valence-corrected chi connectivity index (χ4v) is 2.99. The highest BCUT2D eigenvalue weighted by Crippen LogP contribution is 2.27. The number of amides is 1. The third-order valence-electron chi connectivity index (χ3n) is 3.06. The second-order valence-electron chi connectivity index (χ2n) is 4.90. The number of nitrogens with one attached hydrogen (secondary N) is 1. The molecule has 6 heteroatoms. The van der Waals surface area contributed by atoms with Gasteiger partial charge in [0.2, 0.25) is 0 Å². The topological polar surface area (TPSA) is 32.3 Å². The van der Waals surface area contributed by atoms with E-state index in [1.165, 1.54) is 17.4 Å². The molecule has 1 N–H and O–H groups in total. The zero-order chi connectivity index (χ0) is 15.6. The van der Waals surface area contributed by atoms with E-state index in [1.807, 2.05) is 13.0 Å². The van der Waals surface area contributed by atoms with E-state index in [2.05, 4.69) is 5.32 Å². The lowest BCUT2D eigenvalue weighted by molar-refractivity contribution is 0.0940. The Labute approximate surface area is 132 Å². The van der Waals surface area contributed by atoms with Gasteiger partial charge in [0.25, 0.3) is 5.91 Å². The summed E-state index contributed by atoms with van der Waals surface area (Å²) in [5.74, 6) is -0.726. The SMILES string of the molecule is CC(NC(=O)c1ccc(N(C)C)c(F)c1)c1ccc(Cl)s1. The molecular weight excluding hydrogens is 311 g/mol. The number of nitrogens with zero attached hydrogens (tertiary/aromatic N) is 1. The van der Waals surface area contributed by atoms with Gasteiger partial charge in [0.15, 0.2) is 0 Å². The number of halogens is 2. The Morgan fingerprint density at radius 2 is 2.05 bits per heavy atom. The quantitative estimate of drug-likeness (QED) is 0.917. The van der Waals surface area contributed by atoms with Crippen LogP contribution in [0.4, 0.5) is 10.1 Å². The van der Waals surface area contributed by atoms with Crippen molar-refractivity contribution in [1.29, 1.82) is 0 Å². The van der Waals surface area contributed by atoms with Gasteiger partial charge in [-0.25, -0.2) is 4.39 Å². The first-order valence-corrected chi connectivity index (χ1v) is 7.61. The van der Waals surface area contributed by atoms with E-state index < -0.39 is 5.82 Å². The van der Waals surface area contributed by atoms with E-state index in [4.69, 9.17) is 11.6 Å². The van der Waals surface area contributed by atoms with Crippen LogP contribution in [0.2, 0.25) is 4.34 Å². The molecule has 2 rings (SSSR count). The maximum Gasteiger partial charge on any atom is 0.251 e. The minimum atomic E-state index is -0.417. The zero-order valence-electron chi connectivity index (χ0n) is 12.0. The van der Waals surface area contributed by atoms with Gasteiger partial charge in [-0.15, -0.1) is 11.3 Å². The van der Waals surface area contributed by atoms with Gasteiger partial charge >= 0.3 is 0 Å². The summed E-state index contributed by atoms with van der Waals surface area (Å²) in [6, 6.07) is 7.94. The highest BCUT2D eigenvalue weighted by atomic mass is 35.5. The van der Waals surface area contributed by atoms with E-state index in [9.17, 15) is 9.18 Å². The van der Waals surface area contributed by atoms with Crippen LogP contribution in [0.1, 0.15) is 28.2 Å². The minimum Gasteiger partial charge on any atom is -0.375 e. The summed E-state index contributed by atoms with van der Waals surface area (Å²) in [5.41, 5.74) is 0.747. The predicted octanol–water partition coefficient (Wildman–Crippen LogP) is 4.10. The van der Waals surface area contributed by atoms with Crippen LogP contribution in [0.3, 0.4) is 0 Å². The molecule has 1 amide bonds. The second kappa shape index (κ2) is 6.45. The normalized spacial score (nSPS) is 12.0. The Morgan fingerprint density at radius 3 is 2.57 bits per heavy atom. The van der Waals surface area contributed by atoms with Gasteiger partial charge in [-0.3, -0.25) is 4.79 Å². The summed E-state index contributed by atoms with van der Waals surface area (Å²) >= 11 is 7.29. The zero-order valence-corrected chi connectivity index (χ0v) is 13.6. The Kier molecular flexibility index (Phi) is 4.85. The molecule has 1 aromatic carbocycles. The number of hydrogen-bond donors (Lipinski definition) is 1. The Hall–Kier alpha value is -1.59. The molecule has 0 saturated carbocycles. The van der Waals surface area contributed by atoms with E-state index >= 15 is 0 Å². The largest absolute Gasteiger partial charge is 0.375 e. The molecule has 0 aliphatic heterocycles. The predicted molar refractivity (Wildman–Crippen MR) is 85.9 cm³/mol. The number of benzene rings is 1. The number of thiophene rings is 1. The van der Waals surface area contributed by atoms with Crippen molar-refractivity contribution in [2.24, 2.45) is 0 Å². The number of carbonyl (C=O) groups is 1. The minimum absolute atomic E-state index is 0.174. The van der Waals surface area contributed by atoms with E-state index in [0.29, 0.717) is 15.6 Å². The molecule has 1 aromatic heterocycles. The molecule has 0 spiro atoms. The molecule has 0 bridgehead atoms. The monoisotopic (exact) mass is 326 g/mol. The van der Waals surface area contributed by atoms with E-state index in [0.717, 1.165) is 4.88 Å². The Bertz CT molecular complexity index is 657. The highest BCUT2D eigenvalue weighted by molar-refractivity contribution is 7.16. The third-order valence-corrected chi connectivity index (χ3v) is 4.47. The Morgan fingerprint density at radius 1 is 1.33 bits per heavy atom. The summed E-state index contributed by atoms with van der Waals surface area (Å²) in [4.78, 5) is 14.8. The number of rotatable bonds is 4. The lowest BCUT2D eigenvalue weighted by Gasteiger charge is -2.15. The van der Waals surface area contributed by atoms with E-state index in [1.54, 1.807) is 37.2 Å². The van der Waals surface area contributed by atoms with E-state index in [-0.39, 0.29) is 11.9 Å². The van der Waals surface area contributed by atoms with Crippen molar-refractivity contribution in [2.75, 3.05) is 19.0 Å². The molecule has 0 radical (unpaired) electrons. The molecule has 21 heavy (non-hydrogen) atoms. The van der Waals surface area contributed by atoms with Crippen LogP contribution >= 0.6 is 22.9 Å². The van der Waals surface area contributed by atoms with Crippen molar-refractivity contribution in [3.63, 3.8) is 0 Å². The van der Waals surface area contributed by atoms with Crippen LogP contribution < -0.4 is 10.2 Å². The lowest BCUT2D eigenvalue weighted by atomic mass is 10.1. The summed E-state index contributed by atoms with van der Waals surface area (Å²) < 4.78 is 14.6. The fraction of sp³-hybridized carbons (Fsp3) is 0.267. The molecule has 0 aliphatic rings. The van der Waals surface area contributed by atoms with Gasteiger partial charge in [-0.2, -0.15) is 0 Å². The van der Waals surface area contributed by atoms with Crippen molar-refractivity contribution >= 4 is 34.5 Å². The molecule has 112 valence electrons. The van der Waals surface area contributed by atoms with Crippen molar-refractivity contribution in [3.8, 4) is 0 Å². The average Bonchev–Trinajstić information content (AvgIpc) is 2.84. The van der Waals surface area contributed by atoms with Crippen LogP contribution in [-0.4, -0.2) is 20.0 Å². The molecule has 1 unspecified atom stereocenters. The molecule has 0 fully saturated rings. The van der Waals surface area contributed by atoms with Gasteiger partial charge in [-0.05, 0) is 37.3 Å². The number of carbonyl (C=O) groups excluding carboxylic acids is 1. The van der Waals surface area contributed by atoms with Gasteiger partial charge in [-0.1, -0.05) is 11.6 Å². The molecular formula is C15H16ClFN2OS. The maximum atomic E-state index is 13.9. The van der Waals surface area contributed by atoms with Crippen LogP contribution in [0, 0.1) is 5.82 Å². The first-order chi connectivity index (χ1) is 9.88. The molecule has 3 nitrogen and oxygen atoms in total. The van der Waals surface area contributed by atoms with Gasteiger partial charge in [0, 0.05) is 24.5 Å². The average molecular weight is 327 g/mol. The summed E-state index contributed by atoms with van der Waals surface area (Å²) in [6.07, 6.45) is 0. The third kappa shape index (κ3) is 3.74. The molecule has 1 heterocycles. The summed E-state index contributed by atoms with van der Waals surface area (Å²) in [5, 5.41) is 2.83. The lowest BCUT2D eigenvalue weighted by Crippen LogP contribution is -2.26. The van der Waals surface area contributed by atoms with Gasteiger partial charge < -0.3 is 10.2 Å². The van der Waals surface area contributed by atoms with Gasteiger partial charge in [0.1, 0.15) is 5.82 Å². The van der Waals surface area contributed by atoms with Crippen molar-refractivity contribution in [1.82, 2.24) is 5.32 Å². The summed E-state index contributed by atoms with van der Waals surface area (Å²) in [6.45, 7) is 1.87.